The van der Waals surface area contributed by atoms with E-state index in [1.165, 1.54) is 6.08 Å². The lowest BCUT2D eigenvalue weighted by Gasteiger charge is -2.11. The molecule has 0 amide bonds. The molecular weight excluding hydrogens is 416 g/mol. The number of carbonyl (C=O) groups excluding carboxylic acids is 1. The summed E-state index contributed by atoms with van der Waals surface area (Å²) in [5.41, 5.74) is 3.76. The Kier molecular flexibility index (Phi) is 7.67. The number of ether oxygens (including phenoxy) is 1. The van der Waals surface area contributed by atoms with E-state index in [1.807, 2.05) is 0 Å². The lowest BCUT2D eigenvalue weighted by Crippen LogP contribution is -2.25. The molecule has 0 fully saturated rings. The fourth-order valence-corrected chi connectivity index (χ4v) is 2.32. The number of anilines is 1. The first-order chi connectivity index (χ1) is 14.7. The number of carbonyl (C=O) groups is 1. The van der Waals surface area contributed by atoms with Crippen LogP contribution in [-0.2, 0) is 15.7 Å². The Morgan fingerprint density at radius 3 is 2.42 bits per heavy atom. The molecule has 4 N–H and O–H groups in total. The Balaban J connectivity index is 2.26. The zero-order chi connectivity index (χ0) is 23.0. The lowest BCUT2D eigenvalue weighted by molar-refractivity contribution is -0.137. The summed E-state index contributed by atoms with van der Waals surface area (Å²) in [5.74, 6) is -2.48. The van der Waals surface area contributed by atoms with Gasteiger partial charge in [0.1, 0.15) is 11.5 Å². The largest absolute Gasteiger partial charge is 0.491 e. The highest BCUT2D eigenvalue weighted by molar-refractivity contribution is 6.71. The second-order valence-electron chi connectivity index (χ2n) is 5.95. The molecule has 10 heteroatoms. The summed E-state index contributed by atoms with van der Waals surface area (Å²) in [7, 11) is 1.15. The molecule has 0 unspecified atom stereocenters. The van der Waals surface area contributed by atoms with Gasteiger partial charge in [-0.15, -0.1) is 0 Å². The fourth-order valence-electron chi connectivity index (χ4n) is 2.32. The van der Waals surface area contributed by atoms with E-state index in [0.29, 0.717) is 17.8 Å². The second kappa shape index (κ2) is 10.2. The van der Waals surface area contributed by atoms with Crippen LogP contribution in [0.3, 0.4) is 0 Å². The van der Waals surface area contributed by atoms with Crippen molar-refractivity contribution in [1.82, 2.24) is 0 Å². The van der Waals surface area contributed by atoms with Crippen molar-refractivity contribution in [2.45, 2.75) is 6.18 Å². The number of methoxy groups -OCH3 is 1. The van der Waals surface area contributed by atoms with Crippen molar-refractivity contribution in [1.29, 1.82) is 5.41 Å². The van der Waals surface area contributed by atoms with Crippen molar-refractivity contribution < 1.29 is 27.1 Å². The van der Waals surface area contributed by atoms with E-state index < -0.39 is 34.8 Å². The first-order valence-electron chi connectivity index (χ1n) is 8.70. The quantitative estimate of drug-likeness (QED) is 0.245. The average Bonchev–Trinajstić information content (AvgIpc) is 2.74. The van der Waals surface area contributed by atoms with Gasteiger partial charge in [0.2, 0.25) is 5.78 Å². The van der Waals surface area contributed by atoms with Crippen LogP contribution >= 0.6 is 0 Å². The van der Waals surface area contributed by atoms with Crippen LogP contribution in [0.5, 0.6) is 0 Å². The van der Waals surface area contributed by atoms with Crippen molar-refractivity contribution in [3.05, 3.63) is 84.1 Å². The van der Waals surface area contributed by atoms with E-state index in [2.05, 4.69) is 10.3 Å². The molecular formula is C21H18F4N4O2. The summed E-state index contributed by atoms with van der Waals surface area (Å²) in [5, 5.41) is 10.5. The molecule has 0 spiro atoms. The highest BCUT2D eigenvalue weighted by Crippen LogP contribution is 2.31. The van der Waals surface area contributed by atoms with E-state index in [1.54, 1.807) is 30.3 Å². The van der Waals surface area contributed by atoms with Gasteiger partial charge in [0.05, 0.1) is 29.8 Å². The fraction of sp³-hybridized carbons (Fsp3) is 0.0952. The first kappa shape index (κ1) is 23.3. The molecule has 0 atom stereocenters. The van der Waals surface area contributed by atoms with Gasteiger partial charge >= 0.3 is 6.18 Å². The highest BCUT2D eigenvalue weighted by Gasteiger charge is 2.31. The number of benzene rings is 2. The normalized spacial score (nSPS) is 12.7. The molecule has 0 aromatic heterocycles. The molecule has 2 aromatic carbocycles. The third-order valence-corrected chi connectivity index (χ3v) is 3.84. The van der Waals surface area contributed by atoms with Gasteiger partial charge in [-0.2, -0.15) is 13.2 Å². The van der Waals surface area contributed by atoms with Crippen molar-refractivity contribution >= 4 is 28.6 Å². The number of aliphatic imine (C=N–C) groups is 1. The molecule has 162 valence electrons. The van der Waals surface area contributed by atoms with Gasteiger partial charge in [0, 0.05) is 6.20 Å². The van der Waals surface area contributed by atoms with E-state index in [0.717, 1.165) is 25.6 Å². The van der Waals surface area contributed by atoms with Gasteiger partial charge in [-0.3, -0.25) is 10.2 Å². The molecule has 0 aliphatic carbocycles. The van der Waals surface area contributed by atoms with Gasteiger partial charge in [-0.1, -0.05) is 18.2 Å². The minimum atomic E-state index is -4.69. The number of nitrogens with two attached hydrogens (primary N) is 1. The number of nitrogens with one attached hydrogen (secondary N) is 2. The van der Waals surface area contributed by atoms with Crippen LogP contribution in [0.4, 0.5) is 28.9 Å². The number of para-hydroxylation sites is 1. The third-order valence-electron chi connectivity index (χ3n) is 3.84. The SMILES string of the molecule is COC(=CNc1ccc(C(F)(F)F)cc1F)C(=O)C(=N)C(C=CN)=Nc1ccccc1. The Hall–Kier alpha value is -3.95. The summed E-state index contributed by atoms with van der Waals surface area (Å²) < 4.78 is 56.8. The Morgan fingerprint density at radius 1 is 1.19 bits per heavy atom. The molecule has 0 bridgehead atoms. The highest BCUT2D eigenvalue weighted by atomic mass is 19.4. The molecule has 0 radical (unpaired) electrons. The van der Waals surface area contributed by atoms with Crippen LogP contribution in [0.15, 0.2) is 77.8 Å². The Morgan fingerprint density at radius 2 is 1.87 bits per heavy atom. The van der Waals surface area contributed by atoms with Gasteiger partial charge in [-0.05, 0) is 42.6 Å². The zero-order valence-electron chi connectivity index (χ0n) is 16.2. The maximum atomic E-state index is 14.0. The lowest BCUT2D eigenvalue weighted by atomic mass is 10.1. The van der Waals surface area contributed by atoms with E-state index in [4.69, 9.17) is 15.9 Å². The number of hydrogen-bond donors (Lipinski definition) is 3. The molecule has 2 rings (SSSR count). The minimum absolute atomic E-state index is 0.0534. The predicted molar refractivity (Wildman–Crippen MR) is 110 cm³/mol. The van der Waals surface area contributed by atoms with E-state index >= 15 is 0 Å². The number of ketones is 1. The van der Waals surface area contributed by atoms with Gasteiger partial charge < -0.3 is 15.8 Å². The Labute approximate surface area is 175 Å². The third kappa shape index (κ3) is 6.26. The molecule has 6 nitrogen and oxygen atoms in total. The summed E-state index contributed by atoms with van der Waals surface area (Å²) >= 11 is 0. The standard InChI is InChI=1S/C21H18F4N4O2/c1-31-18(12-28-16-8-7-13(11-15(16)22)21(23,24)25)20(30)19(27)17(9-10-26)29-14-5-3-2-4-6-14/h2-12,27-28H,26H2,1H3. The molecule has 0 saturated carbocycles. The minimum Gasteiger partial charge on any atom is -0.491 e. The smallest absolute Gasteiger partial charge is 0.416 e. The molecule has 31 heavy (non-hydrogen) atoms. The van der Waals surface area contributed by atoms with Crippen LogP contribution in [0.1, 0.15) is 5.56 Å². The maximum absolute atomic E-state index is 14.0. The van der Waals surface area contributed by atoms with Gasteiger partial charge in [0.15, 0.2) is 5.76 Å². The summed E-state index contributed by atoms with van der Waals surface area (Å²) in [6, 6.07) is 10.4. The molecule has 2 aromatic rings. The summed E-state index contributed by atoms with van der Waals surface area (Å²) in [6.45, 7) is 0. The molecule has 0 aliphatic rings. The first-order valence-corrected chi connectivity index (χ1v) is 8.70. The number of nitrogens with zero attached hydrogens (tertiary/aromatic N) is 1. The summed E-state index contributed by atoms with van der Waals surface area (Å²) in [4.78, 5) is 16.8. The van der Waals surface area contributed by atoms with Gasteiger partial charge in [0.25, 0.3) is 0 Å². The van der Waals surface area contributed by atoms with Crippen LogP contribution < -0.4 is 11.1 Å². The predicted octanol–water partition coefficient (Wildman–Crippen LogP) is 4.58. The van der Waals surface area contributed by atoms with Crippen molar-refractivity contribution in [3.63, 3.8) is 0 Å². The van der Waals surface area contributed by atoms with Crippen molar-refractivity contribution in [2.75, 3.05) is 12.4 Å². The number of Topliss-reactive ketones (excluding diaryl/α,β-unsaturated/α-hetero) is 1. The second-order valence-corrected chi connectivity index (χ2v) is 5.95. The number of alkyl halides is 3. The molecule has 0 heterocycles. The van der Waals surface area contributed by atoms with Gasteiger partial charge in [-0.25, -0.2) is 9.38 Å². The number of allylic oxidation sites excluding steroid dienone is 2. The summed E-state index contributed by atoms with van der Waals surface area (Å²) in [6.07, 6.45) is -1.39. The number of hydrogen-bond acceptors (Lipinski definition) is 6. The number of rotatable bonds is 8. The van der Waals surface area contributed by atoms with Crippen LogP contribution in [-0.4, -0.2) is 24.3 Å². The topological polar surface area (TPSA) is 101 Å². The van der Waals surface area contributed by atoms with E-state index in [-0.39, 0.29) is 11.4 Å². The molecule has 0 saturated heterocycles. The van der Waals surface area contributed by atoms with E-state index in [9.17, 15) is 22.4 Å². The van der Waals surface area contributed by atoms with Crippen LogP contribution in [0.2, 0.25) is 0 Å². The zero-order valence-corrected chi connectivity index (χ0v) is 16.2. The van der Waals surface area contributed by atoms with Crippen molar-refractivity contribution in [3.8, 4) is 0 Å². The van der Waals surface area contributed by atoms with Crippen LogP contribution in [0.25, 0.3) is 0 Å². The maximum Gasteiger partial charge on any atom is 0.416 e. The average molecular weight is 434 g/mol. The molecule has 0 aliphatic heterocycles. The monoisotopic (exact) mass is 434 g/mol. The van der Waals surface area contributed by atoms with Crippen molar-refractivity contribution in [2.24, 2.45) is 10.7 Å². The number of halogens is 4. The van der Waals surface area contributed by atoms with Crippen LogP contribution in [0, 0.1) is 11.2 Å². The Bertz CT molecular complexity index is 1050.